The number of carbonyl (C=O) groups excluding carboxylic acids is 3. The van der Waals surface area contributed by atoms with E-state index in [1.54, 1.807) is 45.6 Å². The number of hydrogen-bond acceptors (Lipinski definition) is 8. The summed E-state index contributed by atoms with van der Waals surface area (Å²) < 4.78 is 39.7. The Bertz CT molecular complexity index is 867. The summed E-state index contributed by atoms with van der Waals surface area (Å²) in [5.41, 5.74) is -1.30. The number of piperidine rings is 2. The first-order valence-electron chi connectivity index (χ1n) is 10.7. The molecule has 0 aromatic rings. The number of likely N-dealkylation sites (tertiary alicyclic amines) is 1. The Labute approximate surface area is 189 Å². The van der Waals surface area contributed by atoms with Gasteiger partial charge in [-0.2, -0.15) is 8.42 Å². The summed E-state index contributed by atoms with van der Waals surface area (Å²) in [4.78, 5) is 37.7. The standard InChI is InChI=1S/C21H34N2O8S/c1-14(31-32(6,27)28)13-21(15(2)29-16-7-8-17(24)22-18(16)25)9-11-23(12-10-21)19(26)30-20(3,4)5/h13,15-16H,7-12H2,1-6H3,(H,22,24,25)/b14-13-/t15-,16?/m1/s1. The molecule has 0 bridgehead atoms. The third-order valence-electron chi connectivity index (χ3n) is 5.49. The maximum Gasteiger partial charge on any atom is 0.410 e. The molecule has 0 spiro atoms. The van der Waals surface area contributed by atoms with E-state index in [1.807, 2.05) is 0 Å². The summed E-state index contributed by atoms with van der Waals surface area (Å²) in [7, 11) is -3.71. The third-order valence-corrected chi connectivity index (χ3v) is 6.05. The van der Waals surface area contributed by atoms with Crippen LogP contribution in [0.5, 0.6) is 0 Å². The lowest BCUT2D eigenvalue weighted by Gasteiger charge is -2.44. The van der Waals surface area contributed by atoms with Gasteiger partial charge in [0.25, 0.3) is 5.91 Å². The zero-order valence-corrected chi connectivity index (χ0v) is 20.4. The van der Waals surface area contributed by atoms with Crippen LogP contribution in [0.15, 0.2) is 11.8 Å². The van der Waals surface area contributed by atoms with Crippen LogP contribution in [0, 0.1) is 5.41 Å². The molecule has 2 rings (SSSR count). The average molecular weight is 475 g/mol. The molecule has 182 valence electrons. The summed E-state index contributed by atoms with van der Waals surface area (Å²) in [5, 5.41) is 2.27. The molecule has 0 radical (unpaired) electrons. The van der Waals surface area contributed by atoms with Gasteiger partial charge in [-0.15, -0.1) is 0 Å². The van der Waals surface area contributed by atoms with Gasteiger partial charge in [-0.25, -0.2) is 4.79 Å². The van der Waals surface area contributed by atoms with Crippen molar-refractivity contribution in [3.8, 4) is 0 Å². The zero-order valence-electron chi connectivity index (χ0n) is 19.6. The number of imide groups is 1. The van der Waals surface area contributed by atoms with Gasteiger partial charge in [-0.05, 0) is 60.0 Å². The molecule has 3 amide bonds. The van der Waals surface area contributed by atoms with Gasteiger partial charge in [0, 0.05) is 24.9 Å². The van der Waals surface area contributed by atoms with Gasteiger partial charge in [0.15, 0.2) is 0 Å². The highest BCUT2D eigenvalue weighted by Crippen LogP contribution is 2.40. The summed E-state index contributed by atoms with van der Waals surface area (Å²) in [6, 6.07) is 0. The molecule has 11 heteroatoms. The largest absolute Gasteiger partial charge is 0.444 e. The zero-order chi connectivity index (χ0) is 24.3. The SMILES string of the molecule is C/C(=C/C1([C@@H](C)OC2CCC(=O)NC2=O)CCN(C(=O)OC(C)(C)C)CC1)OS(C)(=O)=O. The van der Waals surface area contributed by atoms with E-state index in [4.69, 9.17) is 13.7 Å². The number of hydrogen-bond donors (Lipinski definition) is 1. The van der Waals surface area contributed by atoms with Crippen molar-refractivity contribution in [1.82, 2.24) is 10.2 Å². The first-order chi connectivity index (χ1) is 14.6. The molecule has 0 aromatic heterocycles. The minimum absolute atomic E-state index is 0.189. The fourth-order valence-electron chi connectivity index (χ4n) is 3.95. The Morgan fingerprint density at radius 3 is 2.34 bits per heavy atom. The second-order valence-corrected chi connectivity index (χ2v) is 11.0. The predicted octanol–water partition coefficient (Wildman–Crippen LogP) is 2.09. The molecule has 1 N–H and O–H groups in total. The van der Waals surface area contributed by atoms with Gasteiger partial charge in [0.2, 0.25) is 5.91 Å². The maximum atomic E-state index is 12.5. The Hall–Kier alpha value is -2.14. The molecular formula is C21H34N2O8S. The van der Waals surface area contributed by atoms with Gasteiger partial charge in [0.05, 0.1) is 12.4 Å². The van der Waals surface area contributed by atoms with Crippen LogP contribution in [-0.2, 0) is 33.4 Å². The molecule has 0 saturated carbocycles. The van der Waals surface area contributed by atoms with Crippen molar-refractivity contribution in [2.45, 2.75) is 78.1 Å². The second-order valence-electron chi connectivity index (χ2n) is 9.46. The van der Waals surface area contributed by atoms with Crippen molar-refractivity contribution >= 4 is 28.0 Å². The normalized spacial score (nSPS) is 23.4. The van der Waals surface area contributed by atoms with E-state index < -0.39 is 45.3 Å². The van der Waals surface area contributed by atoms with Gasteiger partial charge >= 0.3 is 16.2 Å². The Kier molecular flexibility index (Phi) is 7.98. The van der Waals surface area contributed by atoms with Crippen LogP contribution in [0.3, 0.4) is 0 Å². The van der Waals surface area contributed by atoms with E-state index in [0.29, 0.717) is 25.9 Å². The van der Waals surface area contributed by atoms with Crippen molar-refractivity contribution in [1.29, 1.82) is 0 Å². The topological polar surface area (TPSA) is 128 Å². The van der Waals surface area contributed by atoms with E-state index in [2.05, 4.69) is 5.32 Å². The van der Waals surface area contributed by atoms with E-state index >= 15 is 0 Å². The molecule has 1 unspecified atom stereocenters. The smallest absolute Gasteiger partial charge is 0.410 e. The van der Waals surface area contributed by atoms with Crippen molar-refractivity contribution in [2.24, 2.45) is 5.41 Å². The highest BCUT2D eigenvalue weighted by molar-refractivity contribution is 7.86. The van der Waals surface area contributed by atoms with E-state index in [0.717, 1.165) is 6.26 Å². The lowest BCUT2D eigenvalue weighted by atomic mass is 9.73. The third kappa shape index (κ3) is 7.47. The molecule has 10 nitrogen and oxygen atoms in total. The van der Waals surface area contributed by atoms with E-state index in [-0.39, 0.29) is 24.5 Å². The Morgan fingerprint density at radius 2 is 1.84 bits per heavy atom. The highest BCUT2D eigenvalue weighted by atomic mass is 32.2. The molecule has 2 heterocycles. The number of amides is 3. The summed E-state index contributed by atoms with van der Waals surface area (Å²) in [5.74, 6) is -0.625. The summed E-state index contributed by atoms with van der Waals surface area (Å²) in [6.45, 7) is 9.46. The molecular weight excluding hydrogens is 440 g/mol. The Morgan fingerprint density at radius 1 is 1.25 bits per heavy atom. The van der Waals surface area contributed by atoms with E-state index in [1.165, 1.54) is 0 Å². The second kappa shape index (κ2) is 9.78. The molecule has 0 aromatic carbocycles. The van der Waals surface area contributed by atoms with Gasteiger partial charge < -0.3 is 18.6 Å². The minimum atomic E-state index is -3.71. The fraction of sp³-hybridized carbons (Fsp3) is 0.762. The van der Waals surface area contributed by atoms with Gasteiger partial charge in [0.1, 0.15) is 17.5 Å². The molecule has 2 aliphatic rings. The fourth-order valence-corrected chi connectivity index (χ4v) is 4.48. The molecule has 2 atom stereocenters. The van der Waals surface area contributed by atoms with Crippen LogP contribution in [0.2, 0.25) is 0 Å². The number of nitrogens with one attached hydrogen (secondary N) is 1. The maximum absolute atomic E-state index is 12.5. The summed E-state index contributed by atoms with van der Waals surface area (Å²) in [6.07, 6.45) is 2.32. The molecule has 2 saturated heterocycles. The molecule has 2 fully saturated rings. The Balaban J connectivity index is 2.21. The molecule has 0 aliphatic carbocycles. The summed E-state index contributed by atoms with van der Waals surface area (Å²) >= 11 is 0. The predicted molar refractivity (Wildman–Crippen MR) is 116 cm³/mol. The van der Waals surface area contributed by atoms with Crippen LogP contribution < -0.4 is 5.32 Å². The van der Waals surface area contributed by atoms with Crippen molar-refractivity contribution in [3.05, 3.63) is 11.8 Å². The number of nitrogens with zero attached hydrogens (tertiary/aromatic N) is 1. The lowest BCUT2D eigenvalue weighted by Crippen LogP contribution is -2.51. The monoisotopic (exact) mass is 474 g/mol. The van der Waals surface area contributed by atoms with Gasteiger partial charge in [-0.3, -0.25) is 14.9 Å². The van der Waals surface area contributed by atoms with Crippen LogP contribution in [-0.4, -0.2) is 68.4 Å². The highest BCUT2D eigenvalue weighted by Gasteiger charge is 2.43. The lowest BCUT2D eigenvalue weighted by molar-refractivity contribution is -0.151. The number of ether oxygens (including phenoxy) is 2. The van der Waals surface area contributed by atoms with Crippen LogP contribution in [0.25, 0.3) is 0 Å². The van der Waals surface area contributed by atoms with Crippen LogP contribution in [0.1, 0.15) is 60.3 Å². The number of allylic oxidation sites excluding steroid dienone is 1. The molecule has 2 aliphatic heterocycles. The van der Waals surface area contributed by atoms with Crippen LogP contribution in [0.4, 0.5) is 4.79 Å². The van der Waals surface area contributed by atoms with Crippen LogP contribution >= 0.6 is 0 Å². The molecule has 32 heavy (non-hydrogen) atoms. The minimum Gasteiger partial charge on any atom is -0.444 e. The van der Waals surface area contributed by atoms with Crippen molar-refractivity contribution < 1.29 is 36.5 Å². The van der Waals surface area contributed by atoms with Crippen molar-refractivity contribution in [2.75, 3.05) is 19.3 Å². The first kappa shape index (κ1) is 26.1. The quantitative estimate of drug-likeness (QED) is 0.352. The average Bonchev–Trinajstić information content (AvgIpc) is 2.61. The van der Waals surface area contributed by atoms with E-state index in [9.17, 15) is 22.8 Å². The number of carbonyl (C=O) groups is 3. The number of rotatable bonds is 6. The first-order valence-corrected chi connectivity index (χ1v) is 12.5. The van der Waals surface area contributed by atoms with Crippen molar-refractivity contribution in [3.63, 3.8) is 0 Å². The van der Waals surface area contributed by atoms with Gasteiger partial charge in [-0.1, -0.05) is 0 Å².